The molecule has 2 heteroatoms. The van der Waals surface area contributed by atoms with Crippen LogP contribution in [0.3, 0.4) is 0 Å². The number of hydrogen-bond acceptors (Lipinski definition) is 2. The predicted octanol–water partition coefficient (Wildman–Crippen LogP) is 7.03. The monoisotopic (exact) mass is 406 g/mol. The smallest absolute Gasteiger partial charge is 0.0355 e. The Bertz CT molecular complexity index is 1090. The lowest BCUT2D eigenvalue weighted by Crippen LogP contribution is -2.12. The minimum absolute atomic E-state index is 0.621. The van der Waals surface area contributed by atoms with Gasteiger partial charge in [-0.15, -0.1) is 0 Å². The van der Waals surface area contributed by atoms with Crippen LogP contribution in [-0.2, 0) is 13.1 Å². The largest absolute Gasteiger partial charge is 0.309 e. The molecule has 0 fully saturated rings. The van der Waals surface area contributed by atoms with Crippen molar-refractivity contribution in [3.8, 4) is 11.1 Å². The second kappa shape index (κ2) is 11.6. The molecule has 0 aromatic heterocycles. The summed E-state index contributed by atoms with van der Waals surface area (Å²) < 4.78 is 0. The standard InChI is InChI=1S/C21H21N.C8H9N/c1-17-7-5-11-20(13-17)21-12-6-10-19(14-21)16-22-15-18-8-3-2-4-9-18;1-7(9)8-5-3-2-4-6-8/h2-14,22H,15-16H2,1H3;2-6,9H,1H3. The summed E-state index contributed by atoms with van der Waals surface area (Å²) in [4.78, 5) is 0. The van der Waals surface area contributed by atoms with Gasteiger partial charge in [-0.05, 0) is 47.7 Å². The molecule has 0 aliphatic rings. The fourth-order valence-corrected chi connectivity index (χ4v) is 3.32. The average Bonchev–Trinajstić information content (AvgIpc) is 2.81. The first kappa shape index (κ1) is 22.2. The zero-order valence-electron chi connectivity index (χ0n) is 18.3. The molecule has 0 aliphatic carbocycles. The van der Waals surface area contributed by atoms with E-state index in [1.165, 1.54) is 27.8 Å². The zero-order valence-corrected chi connectivity index (χ0v) is 18.3. The number of rotatable bonds is 6. The summed E-state index contributed by atoms with van der Waals surface area (Å²) >= 11 is 0. The molecule has 0 spiro atoms. The zero-order chi connectivity index (χ0) is 21.9. The Morgan fingerprint density at radius 1 is 0.645 bits per heavy atom. The number of aryl methyl sites for hydroxylation is 1. The molecular weight excluding hydrogens is 376 g/mol. The predicted molar refractivity (Wildman–Crippen MR) is 133 cm³/mol. The van der Waals surface area contributed by atoms with E-state index in [-0.39, 0.29) is 0 Å². The molecule has 0 radical (unpaired) electrons. The van der Waals surface area contributed by atoms with Gasteiger partial charge in [0.2, 0.25) is 0 Å². The molecule has 156 valence electrons. The SMILES string of the molecule is CC(=N)c1ccccc1.Cc1cccc(-c2cccc(CNCc3ccccc3)c2)c1. The van der Waals surface area contributed by atoms with Crippen molar-refractivity contribution in [2.75, 3.05) is 0 Å². The molecule has 0 saturated heterocycles. The fraction of sp³-hybridized carbons (Fsp3) is 0.138. The van der Waals surface area contributed by atoms with Gasteiger partial charge < -0.3 is 10.7 Å². The van der Waals surface area contributed by atoms with Crippen molar-refractivity contribution in [3.63, 3.8) is 0 Å². The van der Waals surface area contributed by atoms with Crippen LogP contribution in [0.4, 0.5) is 0 Å². The van der Waals surface area contributed by atoms with Crippen LogP contribution in [0.25, 0.3) is 11.1 Å². The Kier molecular flexibility index (Phi) is 8.33. The Morgan fingerprint density at radius 2 is 1.19 bits per heavy atom. The van der Waals surface area contributed by atoms with Gasteiger partial charge in [-0.25, -0.2) is 0 Å². The lowest BCUT2D eigenvalue weighted by molar-refractivity contribution is 0.693. The lowest BCUT2D eigenvalue weighted by Gasteiger charge is -2.08. The highest BCUT2D eigenvalue weighted by atomic mass is 14.8. The third kappa shape index (κ3) is 7.36. The van der Waals surface area contributed by atoms with Crippen LogP contribution in [0, 0.1) is 12.3 Å². The van der Waals surface area contributed by atoms with E-state index in [1.807, 2.05) is 30.3 Å². The molecular formula is C29H30N2. The first-order valence-electron chi connectivity index (χ1n) is 10.6. The summed E-state index contributed by atoms with van der Waals surface area (Å²) in [5.41, 5.74) is 8.11. The Labute approximate surface area is 186 Å². The van der Waals surface area contributed by atoms with E-state index in [9.17, 15) is 0 Å². The van der Waals surface area contributed by atoms with Gasteiger partial charge in [0.1, 0.15) is 0 Å². The van der Waals surface area contributed by atoms with E-state index in [2.05, 4.69) is 91.1 Å². The number of hydrogen-bond donors (Lipinski definition) is 2. The fourth-order valence-electron chi connectivity index (χ4n) is 3.32. The molecule has 4 rings (SSSR count). The van der Waals surface area contributed by atoms with Gasteiger partial charge in [0.25, 0.3) is 0 Å². The topological polar surface area (TPSA) is 35.9 Å². The van der Waals surface area contributed by atoms with Crippen LogP contribution in [-0.4, -0.2) is 5.71 Å². The normalized spacial score (nSPS) is 10.1. The van der Waals surface area contributed by atoms with Crippen LogP contribution >= 0.6 is 0 Å². The van der Waals surface area contributed by atoms with Crippen LogP contribution in [0.5, 0.6) is 0 Å². The molecule has 0 saturated carbocycles. The van der Waals surface area contributed by atoms with Gasteiger partial charge in [-0.1, -0.05) is 109 Å². The van der Waals surface area contributed by atoms with Gasteiger partial charge in [-0.3, -0.25) is 0 Å². The van der Waals surface area contributed by atoms with Crippen LogP contribution < -0.4 is 5.32 Å². The maximum Gasteiger partial charge on any atom is 0.0355 e. The molecule has 4 aromatic rings. The summed E-state index contributed by atoms with van der Waals surface area (Å²) in [7, 11) is 0. The van der Waals surface area contributed by atoms with E-state index >= 15 is 0 Å². The highest BCUT2D eigenvalue weighted by Crippen LogP contribution is 2.21. The van der Waals surface area contributed by atoms with Crippen molar-refractivity contribution in [2.24, 2.45) is 0 Å². The Balaban J connectivity index is 0.000000254. The van der Waals surface area contributed by atoms with E-state index in [0.717, 1.165) is 18.7 Å². The Morgan fingerprint density at radius 3 is 1.81 bits per heavy atom. The van der Waals surface area contributed by atoms with Gasteiger partial charge in [-0.2, -0.15) is 0 Å². The first-order chi connectivity index (χ1) is 15.1. The second-order valence-electron chi connectivity index (χ2n) is 7.65. The molecule has 0 atom stereocenters. The van der Waals surface area contributed by atoms with Gasteiger partial charge in [0.05, 0.1) is 0 Å². The van der Waals surface area contributed by atoms with E-state index in [1.54, 1.807) is 6.92 Å². The van der Waals surface area contributed by atoms with Crippen molar-refractivity contribution in [1.29, 1.82) is 5.41 Å². The molecule has 0 heterocycles. The summed E-state index contributed by atoms with van der Waals surface area (Å²) in [6.07, 6.45) is 0. The molecule has 31 heavy (non-hydrogen) atoms. The van der Waals surface area contributed by atoms with Crippen molar-refractivity contribution in [2.45, 2.75) is 26.9 Å². The van der Waals surface area contributed by atoms with Crippen LogP contribution in [0.2, 0.25) is 0 Å². The molecule has 0 unspecified atom stereocenters. The van der Waals surface area contributed by atoms with E-state index < -0.39 is 0 Å². The maximum atomic E-state index is 7.24. The molecule has 0 amide bonds. The maximum absolute atomic E-state index is 7.24. The summed E-state index contributed by atoms with van der Waals surface area (Å²) in [6.45, 7) is 5.70. The minimum atomic E-state index is 0.621. The highest BCUT2D eigenvalue weighted by molar-refractivity contribution is 5.96. The quantitative estimate of drug-likeness (QED) is 0.331. The van der Waals surface area contributed by atoms with Crippen LogP contribution in [0.1, 0.15) is 29.2 Å². The average molecular weight is 407 g/mol. The number of benzene rings is 4. The van der Waals surface area contributed by atoms with E-state index in [4.69, 9.17) is 5.41 Å². The molecule has 2 N–H and O–H groups in total. The summed E-state index contributed by atoms with van der Waals surface area (Å²) in [5, 5.41) is 10.7. The third-order valence-corrected chi connectivity index (χ3v) is 4.99. The Hall–Kier alpha value is -3.49. The molecule has 0 bridgehead atoms. The minimum Gasteiger partial charge on any atom is -0.309 e. The van der Waals surface area contributed by atoms with Crippen molar-refractivity contribution < 1.29 is 0 Å². The van der Waals surface area contributed by atoms with Crippen LogP contribution in [0.15, 0.2) is 109 Å². The number of nitrogens with one attached hydrogen (secondary N) is 2. The van der Waals surface area contributed by atoms with Crippen molar-refractivity contribution in [1.82, 2.24) is 5.32 Å². The first-order valence-corrected chi connectivity index (χ1v) is 10.6. The highest BCUT2D eigenvalue weighted by Gasteiger charge is 2.00. The second-order valence-corrected chi connectivity index (χ2v) is 7.65. The van der Waals surface area contributed by atoms with Crippen molar-refractivity contribution >= 4 is 5.71 Å². The molecule has 0 aliphatic heterocycles. The van der Waals surface area contributed by atoms with Gasteiger partial charge in [0.15, 0.2) is 0 Å². The van der Waals surface area contributed by atoms with Crippen molar-refractivity contribution in [3.05, 3.63) is 131 Å². The summed E-state index contributed by atoms with van der Waals surface area (Å²) in [5.74, 6) is 0. The van der Waals surface area contributed by atoms with Gasteiger partial charge >= 0.3 is 0 Å². The molecule has 2 nitrogen and oxygen atoms in total. The third-order valence-electron chi connectivity index (χ3n) is 4.99. The van der Waals surface area contributed by atoms with E-state index in [0.29, 0.717) is 5.71 Å². The summed E-state index contributed by atoms with van der Waals surface area (Å²) in [6, 6.07) is 37.6. The molecule has 4 aromatic carbocycles. The lowest BCUT2D eigenvalue weighted by atomic mass is 10.0. The van der Waals surface area contributed by atoms with Gasteiger partial charge in [0, 0.05) is 18.8 Å².